The van der Waals surface area contributed by atoms with Crippen LogP contribution in [0, 0.1) is 5.82 Å². The average Bonchev–Trinajstić information content (AvgIpc) is 2.85. The second kappa shape index (κ2) is 6.32. The Morgan fingerprint density at radius 3 is 2.27 bits per heavy atom. The van der Waals surface area contributed by atoms with Crippen molar-refractivity contribution in [3.05, 3.63) is 65.5 Å². The largest absolute Gasteiger partial charge is 0.448 e. The minimum atomic E-state index is -3.40. The van der Waals surface area contributed by atoms with Crippen LogP contribution in [0.5, 0.6) is 0 Å². The highest BCUT2D eigenvalue weighted by atomic mass is 32.2. The number of esters is 1. The van der Waals surface area contributed by atoms with Crippen molar-refractivity contribution in [1.82, 2.24) is 0 Å². The molecular formula is C19H16F2O4S. The molecule has 1 aliphatic heterocycles. The summed E-state index contributed by atoms with van der Waals surface area (Å²) >= 11 is 0. The molecule has 1 heterocycles. The Morgan fingerprint density at radius 2 is 1.73 bits per heavy atom. The Morgan fingerprint density at radius 1 is 1.08 bits per heavy atom. The molecule has 7 heteroatoms. The lowest BCUT2D eigenvalue weighted by atomic mass is 9.86. The second-order valence-electron chi connectivity index (χ2n) is 6.31. The third-order valence-electron chi connectivity index (χ3n) is 4.24. The smallest absolute Gasteiger partial charge is 0.340 e. The van der Waals surface area contributed by atoms with E-state index in [0.29, 0.717) is 5.56 Å². The number of hydrogen-bond acceptors (Lipinski definition) is 4. The Hall–Kier alpha value is -2.54. The van der Waals surface area contributed by atoms with Crippen molar-refractivity contribution in [2.45, 2.75) is 17.4 Å². The third kappa shape index (κ3) is 3.14. The maximum atomic E-state index is 13.7. The molecular weight excluding hydrogens is 362 g/mol. The van der Waals surface area contributed by atoms with Crippen LogP contribution >= 0.6 is 0 Å². The lowest BCUT2D eigenvalue weighted by Gasteiger charge is -2.23. The monoisotopic (exact) mass is 378 g/mol. The van der Waals surface area contributed by atoms with Gasteiger partial charge in [-0.1, -0.05) is 24.3 Å². The van der Waals surface area contributed by atoms with Gasteiger partial charge in [0.05, 0.1) is 10.5 Å². The lowest BCUT2D eigenvalue weighted by molar-refractivity contribution is -0.144. The third-order valence-corrected chi connectivity index (χ3v) is 5.37. The van der Waals surface area contributed by atoms with E-state index in [1.165, 1.54) is 55.5 Å². The number of carbonyl (C=O) groups excluding carboxylic acids is 1. The fourth-order valence-electron chi connectivity index (χ4n) is 2.99. The van der Waals surface area contributed by atoms with E-state index in [4.69, 9.17) is 4.74 Å². The van der Waals surface area contributed by atoms with Gasteiger partial charge in [-0.15, -0.1) is 0 Å². The SMILES string of the molecule is CC1(CF)OC(=O)C(c2cccc(F)c2)=C1c1ccc(S(C)(=O)=O)cc1. The fourth-order valence-corrected chi connectivity index (χ4v) is 3.62. The number of carbonyl (C=O) groups is 1. The van der Waals surface area contributed by atoms with E-state index in [1.807, 2.05) is 0 Å². The topological polar surface area (TPSA) is 60.4 Å². The maximum Gasteiger partial charge on any atom is 0.340 e. The van der Waals surface area contributed by atoms with Gasteiger partial charge in [0.1, 0.15) is 12.5 Å². The van der Waals surface area contributed by atoms with Gasteiger partial charge in [0, 0.05) is 11.8 Å². The molecule has 1 unspecified atom stereocenters. The van der Waals surface area contributed by atoms with E-state index in [9.17, 15) is 22.0 Å². The number of alkyl halides is 1. The molecule has 136 valence electrons. The number of rotatable bonds is 4. The van der Waals surface area contributed by atoms with Crippen LogP contribution < -0.4 is 0 Å². The van der Waals surface area contributed by atoms with Crippen LogP contribution in [-0.4, -0.2) is 32.9 Å². The predicted octanol–water partition coefficient (Wildman–Crippen LogP) is 3.43. The summed E-state index contributed by atoms with van der Waals surface area (Å²) in [6, 6.07) is 11.1. The van der Waals surface area contributed by atoms with Crippen molar-refractivity contribution in [3.63, 3.8) is 0 Å². The van der Waals surface area contributed by atoms with Crippen molar-refractivity contribution >= 4 is 27.0 Å². The standard InChI is InChI=1S/C19H16F2O4S/c1-19(11-20)17(12-6-8-15(9-7-12)26(2,23)24)16(18(22)25-19)13-4-3-5-14(21)10-13/h3-10H,11H2,1-2H3. The maximum absolute atomic E-state index is 13.7. The van der Waals surface area contributed by atoms with E-state index in [2.05, 4.69) is 0 Å². The van der Waals surface area contributed by atoms with Crippen LogP contribution in [0.3, 0.4) is 0 Å². The van der Waals surface area contributed by atoms with E-state index in [0.717, 1.165) is 6.26 Å². The van der Waals surface area contributed by atoms with Crippen LogP contribution in [0.1, 0.15) is 18.1 Å². The summed E-state index contributed by atoms with van der Waals surface area (Å²) in [4.78, 5) is 12.5. The molecule has 1 aliphatic rings. The summed E-state index contributed by atoms with van der Waals surface area (Å²) in [5.41, 5.74) is -0.504. The molecule has 0 radical (unpaired) electrons. The van der Waals surface area contributed by atoms with Crippen LogP contribution in [0.2, 0.25) is 0 Å². The number of halogens is 2. The normalized spacial score (nSPS) is 20.4. The van der Waals surface area contributed by atoms with Gasteiger partial charge in [0.2, 0.25) is 0 Å². The molecule has 26 heavy (non-hydrogen) atoms. The first-order valence-corrected chi connectivity index (χ1v) is 9.65. The number of ether oxygens (including phenoxy) is 1. The zero-order chi connectivity index (χ0) is 19.1. The van der Waals surface area contributed by atoms with Crippen molar-refractivity contribution in [2.75, 3.05) is 12.9 Å². The van der Waals surface area contributed by atoms with E-state index >= 15 is 0 Å². The Kier molecular flexibility index (Phi) is 4.44. The average molecular weight is 378 g/mol. The number of benzene rings is 2. The predicted molar refractivity (Wildman–Crippen MR) is 93.2 cm³/mol. The van der Waals surface area contributed by atoms with Crippen LogP contribution in [0.25, 0.3) is 11.1 Å². The zero-order valence-corrected chi connectivity index (χ0v) is 14.9. The number of cyclic esters (lactones) is 1. The van der Waals surface area contributed by atoms with E-state index in [-0.39, 0.29) is 21.6 Å². The highest BCUT2D eigenvalue weighted by Crippen LogP contribution is 2.44. The Bertz CT molecular complexity index is 1010. The van der Waals surface area contributed by atoms with E-state index in [1.54, 1.807) is 0 Å². The van der Waals surface area contributed by atoms with Gasteiger partial charge in [0.25, 0.3) is 0 Å². The van der Waals surface area contributed by atoms with Gasteiger partial charge >= 0.3 is 5.97 Å². The molecule has 0 saturated heterocycles. The van der Waals surface area contributed by atoms with Crippen LogP contribution in [-0.2, 0) is 19.4 Å². The van der Waals surface area contributed by atoms with Gasteiger partial charge in [-0.2, -0.15) is 0 Å². The summed E-state index contributed by atoms with van der Waals surface area (Å²) in [6.07, 6.45) is 1.08. The van der Waals surface area contributed by atoms with Gasteiger partial charge in [-0.25, -0.2) is 22.0 Å². The first kappa shape index (κ1) is 18.3. The molecule has 0 aromatic heterocycles. The molecule has 3 rings (SSSR count). The summed E-state index contributed by atoms with van der Waals surface area (Å²) in [5, 5.41) is 0. The fraction of sp³-hybridized carbons (Fsp3) is 0.211. The molecule has 0 saturated carbocycles. The summed E-state index contributed by atoms with van der Waals surface area (Å²) in [6.45, 7) is 0.456. The minimum absolute atomic E-state index is 0.0664. The Labute approximate surface area is 150 Å². The quantitative estimate of drug-likeness (QED) is 0.765. The molecule has 0 aliphatic carbocycles. The molecule has 0 N–H and O–H groups in total. The van der Waals surface area contributed by atoms with Crippen molar-refractivity contribution in [2.24, 2.45) is 0 Å². The molecule has 0 bridgehead atoms. The Balaban J connectivity index is 2.25. The zero-order valence-electron chi connectivity index (χ0n) is 14.1. The molecule has 0 spiro atoms. The molecule has 4 nitrogen and oxygen atoms in total. The lowest BCUT2D eigenvalue weighted by Crippen LogP contribution is -2.29. The van der Waals surface area contributed by atoms with Gasteiger partial charge < -0.3 is 4.74 Å². The number of hydrogen-bond donors (Lipinski definition) is 0. The molecule has 1 atom stereocenters. The van der Waals surface area contributed by atoms with Gasteiger partial charge in [0.15, 0.2) is 15.4 Å². The van der Waals surface area contributed by atoms with Crippen LogP contribution in [0.15, 0.2) is 53.4 Å². The summed E-state index contributed by atoms with van der Waals surface area (Å²) in [5.74, 6) is -1.29. The summed E-state index contributed by atoms with van der Waals surface area (Å²) < 4.78 is 55.9. The van der Waals surface area contributed by atoms with Crippen molar-refractivity contribution in [1.29, 1.82) is 0 Å². The second-order valence-corrected chi connectivity index (χ2v) is 8.33. The molecule has 0 amide bonds. The first-order chi connectivity index (χ1) is 12.2. The van der Waals surface area contributed by atoms with Crippen LogP contribution in [0.4, 0.5) is 8.78 Å². The highest BCUT2D eigenvalue weighted by molar-refractivity contribution is 7.90. The number of sulfone groups is 1. The van der Waals surface area contributed by atoms with Gasteiger partial charge in [-0.05, 0) is 42.3 Å². The molecule has 2 aromatic carbocycles. The van der Waals surface area contributed by atoms with E-state index < -0.39 is 33.9 Å². The van der Waals surface area contributed by atoms with Crippen molar-refractivity contribution in [3.8, 4) is 0 Å². The molecule has 2 aromatic rings. The molecule has 0 fully saturated rings. The summed E-state index contributed by atoms with van der Waals surface area (Å²) in [7, 11) is -3.40. The highest BCUT2D eigenvalue weighted by Gasteiger charge is 2.45. The van der Waals surface area contributed by atoms with Gasteiger partial charge in [-0.3, -0.25) is 0 Å². The first-order valence-electron chi connectivity index (χ1n) is 7.76. The van der Waals surface area contributed by atoms with Crippen molar-refractivity contribution < 1.29 is 26.7 Å². The minimum Gasteiger partial charge on any atom is -0.448 e.